The maximum Gasteiger partial charge on any atom is 0.339 e. The van der Waals surface area contributed by atoms with Crippen molar-refractivity contribution in [3.63, 3.8) is 0 Å². The van der Waals surface area contributed by atoms with E-state index >= 15 is 0 Å². The Kier molecular flexibility index (Phi) is 11.9. The summed E-state index contributed by atoms with van der Waals surface area (Å²) in [7, 11) is 0. The normalized spacial score (nSPS) is 40.6. The molecule has 11 heteroatoms. The SMILES string of the molecule is C=CC(=O)OCC1CC2C3CC(COC(=O)c4ccc(C(=O)OCC5CC6C7CC(CO)C(C7)C6C5)cc4C(=O)OCC4CC5CC4C4CC(COC(=O)C(=C)C)CC54)C(C3)C2C1. The number of aliphatic hydroxyl groups is 1. The summed E-state index contributed by atoms with van der Waals surface area (Å²) in [6, 6.07) is 4.54. The first-order chi connectivity index (χ1) is 30.5. The van der Waals surface area contributed by atoms with Gasteiger partial charge in [0.1, 0.15) is 0 Å². The molecule has 6 bridgehead atoms. The monoisotopic (exact) mass is 866 g/mol. The Hall–Kier alpha value is -3.99. The molecule has 1 aromatic carbocycles. The van der Waals surface area contributed by atoms with E-state index in [1.807, 2.05) is 0 Å². The maximum absolute atomic E-state index is 14.1. The largest absolute Gasteiger partial charge is 0.462 e. The Morgan fingerprint density at radius 3 is 1.49 bits per heavy atom. The molecule has 1 N–H and O–H groups in total. The lowest BCUT2D eigenvalue weighted by Gasteiger charge is -2.31. The molecule has 0 amide bonds. The first kappa shape index (κ1) is 42.9. The second kappa shape index (κ2) is 17.4. The van der Waals surface area contributed by atoms with E-state index in [1.165, 1.54) is 24.6 Å². The third-order valence-corrected chi connectivity index (χ3v) is 18.8. The predicted molar refractivity (Wildman–Crippen MR) is 230 cm³/mol. The second-order valence-electron chi connectivity index (χ2n) is 21.9. The van der Waals surface area contributed by atoms with Crippen LogP contribution in [0.25, 0.3) is 0 Å². The van der Waals surface area contributed by atoms with Crippen LogP contribution in [-0.2, 0) is 33.3 Å². The van der Waals surface area contributed by atoms with Gasteiger partial charge in [0.05, 0.1) is 49.7 Å². The Bertz CT molecular complexity index is 2010. The van der Waals surface area contributed by atoms with Crippen LogP contribution < -0.4 is 0 Å². The zero-order valence-corrected chi connectivity index (χ0v) is 36.9. The van der Waals surface area contributed by atoms with Gasteiger partial charge in [-0.15, -0.1) is 0 Å². The summed E-state index contributed by atoms with van der Waals surface area (Å²) in [5.74, 6) is 6.11. The van der Waals surface area contributed by atoms with Crippen molar-refractivity contribution in [2.45, 2.75) is 84.0 Å². The van der Waals surface area contributed by atoms with E-state index < -0.39 is 17.9 Å². The minimum Gasteiger partial charge on any atom is -0.462 e. The quantitative estimate of drug-likeness (QED) is 0.0982. The first-order valence-corrected chi connectivity index (χ1v) is 24.3. The molecule has 0 spiro atoms. The van der Waals surface area contributed by atoms with Crippen molar-refractivity contribution < 1.29 is 52.8 Å². The molecule has 0 aromatic heterocycles. The molecule has 0 radical (unpaired) electrons. The molecule has 0 saturated heterocycles. The van der Waals surface area contributed by atoms with Crippen molar-refractivity contribution in [1.82, 2.24) is 0 Å². The van der Waals surface area contributed by atoms with E-state index in [4.69, 9.17) is 23.7 Å². The molecule has 11 nitrogen and oxygen atoms in total. The smallest absolute Gasteiger partial charge is 0.339 e. The number of aliphatic hydroxyl groups excluding tert-OH is 1. The van der Waals surface area contributed by atoms with Gasteiger partial charge in [0, 0.05) is 18.3 Å². The topological polar surface area (TPSA) is 152 Å². The summed E-state index contributed by atoms with van der Waals surface area (Å²) in [6.07, 6.45) is 14.0. The fourth-order valence-electron chi connectivity index (χ4n) is 16.4. The third kappa shape index (κ3) is 8.09. The van der Waals surface area contributed by atoms with E-state index in [0.29, 0.717) is 114 Å². The summed E-state index contributed by atoms with van der Waals surface area (Å²) in [6.45, 7) is 10.8. The predicted octanol–water partition coefficient (Wildman–Crippen LogP) is 7.89. The fourth-order valence-corrected chi connectivity index (χ4v) is 16.4. The van der Waals surface area contributed by atoms with Gasteiger partial charge >= 0.3 is 29.8 Å². The molecular formula is C52H66O11. The number of benzene rings is 1. The van der Waals surface area contributed by atoms with Crippen molar-refractivity contribution in [1.29, 1.82) is 0 Å². The van der Waals surface area contributed by atoms with Crippen LogP contribution in [0, 0.1) is 107 Å². The summed E-state index contributed by atoms with van der Waals surface area (Å²) < 4.78 is 29.0. The summed E-state index contributed by atoms with van der Waals surface area (Å²) in [5.41, 5.74) is 0.737. The molecular weight excluding hydrogens is 801 g/mol. The lowest BCUT2D eigenvalue weighted by molar-refractivity contribution is -0.140. The highest BCUT2D eigenvalue weighted by molar-refractivity contribution is 6.05. The molecule has 340 valence electrons. The zero-order chi connectivity index (χ0) is 43.7. The van der Waals surface area contributed by atoms with E-state index in [1.54, 1.807) is 13.0 Å². The van der Waals surface area contributed by atoms with Crippen LogP contribution in [0.15, 0.2) is 43.0 Å². The van der Waals surface area contributed by atoms with Crippen molar-refractivity contribution in [2.75, 3.05) is 39.6 Å². The number of fused-ring (bicyclic) bond motifs is 15. The van der Waals surface area contributed by atoms with E-state index in [9.17, 15) is 29.1 Å². The average molecular weight is 867 g/mol. The molecule has 63 heavy (non-hydrogen) atoms. The Balaban J connectivity index is 0.783. The molecule has 18 unspecified atom stereocenters. The van der Waals surface area contributed by atoms with Crippen LogP contribution in [0.4, 0.5) is 0 Å². The minimum absolute atomic E-state index is 0.0264. The molecule has 0 heterocycles. The summed E-state index contributed by atoms with van der Waals surface area (Å²) in [5, 5.41) is 9.90. The summed E-state index contributed by atoms with van der Waals surface area (Å²) >= 11 is 0. The number of carbonyl (C=O) groups excluding carboxylic acids is 5. The van der Waals surface area contributed by atoms with Gasteiger partial charge in [-0.05, 0) is 209 Å². The molecule has 1 aromatic rings. The Morgan fingerprint density at radius 1 is 0.540 bits per heavy atom. The molecule has 9 saturated carbocycles. The van der Waals surface area contributed by atoms with E-state index in [-0.39, 0.29) is 66.2 Å². The first-order valence-electron chi connectivity index (χ1n) is 24.3. The van der Waals surface area contributed by atoms with Gasteiger partial charge in [-0.1, -0.05) is 13.2 Å². The zero-order valence-electron chi connectivity index (χ0n) is 36.9. The van der Waals surface area contributed by atoms with Crippen LogP contribution in [0.2, 0.25) is 0 Å². The van der Waals surface area contributed by atoms with Gasteiger partial charge in [-0.3, -0.25) is 0 Å². The van der Waals surface area contributed by atoms with Crippen LogP contribution in [0.1, 0.15) is 115 Å². The number of rotatable bonds is 16. The summed E-state index contributed by atoms with van der Waals surface area (Å²) in [4.78, 5) is 65.5. The minimum atomic E-state index is -0.638. The highest BCUT2D eigenvalue weighted by Gasteiger charge is 2.58. The maximum atomic E-state index is 14.1. The third-order valence-electron chi connectivity index (χ3n) is 18.8. The molecule has 0 aliphatic heterocycles. The van der Waals surface area contributed by atoms with Gasteiger partial charge in [0.25, 0.3) is 0 Å². The Morgan fingerprint density at radius 2 is 0.984 bits per heavy atom. The molecule has 9 fully saturated rings. The number of ether oxygens (including phenoxy) is 5. The lowest BCUT2D eigenvalue weighted by Crippen LogP contribution is -2.29. The van der Waals surface area contributed by atoms with Gasteiger partial charge in [-0.2, -0.15) is 0 Å². The highest BCUT2D eigenvalue weighted by Crippen LogP contribution is 2.64. The average Bonchev–Trinajstić information content (AvgIpc) is 4.14. The number of hydrogen-bond acceptors (Lipinski definition) is 11. The van der Waals surface area contributed by atoms with Crippen LogP contribution in [0.5, 0.6) is 0 Å². The van der Waals surface area contributed by atoms with Crippen LogP contribution in [-0.4, -0.2) is 74.6 Å². The van der Waals surface area contributed by atoms with E-state index in [0.717, 1.165) is 70.6 Å². The number of hydrogen-bond donors (Lipinski definition) is 1. The van der Waals surface area contributed by atoms with Crippen molar-refractivity contribution in [2.24, 2.45) is 107 Å². The molecule has 9 aliphatic rings. The molecule has 18 atom stereocenters. The van der Waals surface area contributed by atoms with Gasteiger partial charge < -0.3 is 28.8 Å². The molecule has 10 rings (SSSR count). The van der Waals surface area contributed by atoms with Crippen molar-refractivity contribution in [3.8, 4) is 0 Å². The van der Waals surface area contributed by atoms with Crippen LogP contribution in [0.3, 0.4) is 0 Å². The standard InChI is InChI=1S/C52H66O11/c1-4-48(54)59-21-27-7-39-32-14-35(42(18-32)45(39)10-27)24-62-51(57)37-6-5-30(50(56)61-23-29-9-38-31-13-34(20-53)41(17-31)44(38)11-29)16-47(37)52(58)63-25-36-15-33-19-43(36)46-12-28(8-40(33)46)22-60-49(55)26(2)3/h4-6,16,27-29,31-36,38-46,53H,1-2,7-15,17-25H2,3H3. The Labute approximate surface area is 371 Å². The highest BCUT2D eigenvalue weighted by atomic mass is 16.5. The van der Waals surface area contributed by atoms with Gasteiger partial charge in [0.2, 0.25) is 0 Å². The van der Waals surface area contributed by atoms with Crippen molar-refractivity contribution >= 4 is 29.8 Å². The van der Waals surface area contributed by atoms with Crippen LogP contribution >= 0.6 is 0 Å². The lowest BCUT2D eigenvalue weighted by atomic mass is 9.76. The fraction of sp³-hybridized carbons (Fsp3) is 0.712. The van der Waals surface area contributed by atoms with E-state index in [2.05, 4.69) is 13.2 Å². The van der Waals surface area contributed by atoms with Gasteiger partial charge in [-0.25, -0.2) is 24.0 Å². The van der Waals surface area contributed by atoms with Crippen molar-refractivity contribution in [3.05, 3.63) is 59.7 Å². The number of esters is 5. The molecule has 9 aliphatic carbocycles. The van der Waals surface area contributed by atoms with Gasteiger partial charge in [0.15, 0.2) is 0 Å². The number of carbonyl (C=O) groups is 5. The second-order valence-corrected chi connectivity index (χ2v) is 21.9.